The Morgan fingerprint density at radius 3 is 2.56 bits per heavy atom. The van der Waals surface area contributed by atoms with Crippen LogP contribution in [0.3, 0.4) is 0 Å². The number of hydrogen-bond donors (Lipinski definition) is 2. The second-order valence-corrected chi connectivity index (χ2v) is 4.30. The molecule has 1 aliphatic rings. The zero-order valence-electron chi connectivity index (χ0n) is 10.3. The van der Waals surface area contributed by atoms with E-state index in [2.05, 4.69) is 22.6 Å². The van der Waals surface area contributed by atoms with Gasteiger partial charge in [-0.05, 0) is 26.9 Å². The summed E-state index contributed by atoms with van der Waals surface area (Å²) in [6.45, 7) is 2.13. The smallest absolute Gasteiger partial charge is 0.233 e. The van der Waals surface area contributed by atoms with Crippen LogP contribution in [0.1, 0.15) is 25.7 Å². The van der Waals surface area contributed by atoms with E-state index in [1.807, 2.05) is 0 Å². The predicted molar refractivity (Wildman–Crippen MR) is 69.1 cm³/mol. The van der Waals surface area contributed by atoms with E-state index < -0.39 is 0 Å². The fourth-order valence-corrected chi connectivity index (χ4v) is 2.12. The molecule has 0 aliphatic heterocycles. The Morgan fingerprint density at radius 1 is 1.38 bits per heavy atom. The molecule has 0 spiro atoms. The molecule has 1 rings (SSSR count). The third kappa shape index (κ3) is 5.68. The van der Waals surface area contributed by atoms with Gasteiger partial charge in [0.05, 0.1) is 6.54 Å². The van der Waals surface area contributed by atoms with E-state index in [4.69, 9.17) is 0 Å². The molecule has 0 radical (unpaired) electrons. The van der Waals surface area contributed by atoms with Crippen molar-refractivity contribution in [2.24, 2.45) is 0 Å². The molecule has 2 N–H and O–H groups in total. The van der Waals surface area contributed by atoms with Gasteiger partial charge in [0.1, 0.15) is 0 Å². The highest BCUT2D eigenvalue weighted by Crippen LogP contribution is 2.21. The maximum Gasteiger partial charge on any atom is 0.233 e. The Bertz CT molecular complexity index is 196. The lowest BCUT2D eigenvalue weighted by Gasteiger charge is -2.23. The quantitative estimate of drug-likeness (QED) is 0.726. The average Bonchev–Trinajstić information content (AvgIpc) is 2.70. The van der Waals surface area contributed by atoms with Crippen LogP contribution in [-0.2, 0) is 4.79 Å². The van der Waals surface area contributed by atoms with E-state index in [9.17, 15) is 4.79 Å². The zero-order chi connectivity index (χ0) is 11.1. The number of rotatable bonds is 6. The van der Waals surface area contributed by atoms with E-state index in [1.54, 1.807) is 7.05 Å². The summed E-state index contributed by atoms with van der Waals surface area (Å²) in [5, 5.41) is 5.73. The molecule has 1 fully saturated rings. The molecule has 0 atom stereocenters. The minimum atomic E-state index is 0. The molecule has 4 nitrogen and oxygen atoms in total. The van der Waals surface area contributed by atoms with Crippen LogP contribution in [0.4, 0.5) is 0 Å². The topological polar surface area (TPSA) is 44.4 Å². The lowest BCUT2D eigenvalue weighted by molar-refractivity contribution is -0.120. The molecule has 0 unspecified atom stereocenters. The van der Waals surface area contributed by atoms with E-state index in [0.29, 0.717) is 6.54 Å². The van der Waals surface area contributed by atoms with Gasteiger partial charge in [0.15, 0.2) is 0 Å². The molecule has 16 heavy (non-hydrogen) atoms. The molecule has 0 aromatic carbocycles. The fraction of sp³-hybridized carbons (Fsp3) is 0.909. The van der Waals surface area contributed by atoms with Crippen LogP contribution >= 0.6 is 12.4 Å². The highest BCUT2D eigenvalue weighted by Gasteiger charge is 2.18. The fourth-order valence-electron chi connectivity index (χ4n) is 2.12. The summed E-state index contributed by atoms with van der Waals surface area (Å²) in [6.07, 6.45) is 5.37. The van der Waals surface area contributed by atoms with E-state index >= 15 is 0 Å². The van der Waals surface area contributed by atoms with Crippen molar-refractivity contribution in [3.05, 3.63) is 0 Å². The Hall–Kier alpha value is -0.320. The number of nitrogens with zero attached hydrogens (tertiary/aromatic N) is 1. The van der Waals surface area contributed by atoms with Gasteiger partial charge in [-0.3, -0.25) is 4.79 Å². The molecule has 0 heterocycles. The van der Waals surface area contributed by atoms with Crippen molar-refractivity contribution in [1.29, 1.82) is 0 Å². The van der Waals surface area contributed by atoms with E-state index in [-0.39, 0.29) is 18.3 Å². The summed E-state index contributed by atoms with van der Waals surface area (Å²) >= 11 is 0. The first-order valence-electron chi connectivity index (χ1n) is 5.85. The van der Waals surface area contributed by atoms with E-state index in [0.717, 1.165) is 19.1 Å². The van der Waals surface area contributed by atoms with Gasteiger partial charge in [-0.15, -0.1) is 12.4 Å². The van der Waals surface area contributed by atoms with Crippen molar-refractivity contribution in [2.45, 2.75) is 31.7 Å². The Labute approximate surface area is 105 Å². The van der Waals surface area contributed by atoms with Gasteiger partial charge in [0, 0.05) is 19.1 Å². The first-order chi connectivity index (χ1) is 7.24. The number of likely N-dealkylation sites (N-methyl/N-ethyl adjacent to an activating group) is 2. The van der Waals surface area contributed by atoms with Crippen molar-refractivity contribution in [1.82, 2.24) is 15.5 Å². The van der Waals surface area contributed by atoms with Crippen molar-refractivity contribution < 1.29 is 4.79 Å². The van der Waals surface area contributed by atoms with Gasteiger partial charge in [-0.25, -0.2) is 0 Å². The summed E-state index contributed by atoms with van der Waals surface area (Å²) < 4.78 is 0. The molecule has 1 amide bonds. The summed E-state index contributed by atoms with van der Waals surface area (Å²) in [6, 6.07) is 0.742. The van der Waals surface area contributed by atoms with Crippen molar-refractivity contribution in [2.75, 3.05) is 33.7 Å². The summed E-state index contributed by atoms with van der Waals surface area (Å²) in [5.41, 5.74) is 0. The Balaban J connectivity index is 0.00000225. The molecular formula is C11H24ClN3O. The highest BCUT2D eigenvalue weighted by atomic mass is 35.5. The number of carbonyl (C=O) groups excluding carboxylic acids is 1. The van der Waals surface area contributed by atoms with Crippen LogP contribution < -0.4 is 10.6 Å². The molecule has 0 aromatic heterocycles. The molecule has 5 heteroatoms. The Morgan fingerprint density at radius 2 is 2.00 bits per heavy atom. The molecule has 0 bridgehead atoms. The van der Waals surface area contributed by atoms with Crippen LogP contribution in [0.5, 0.6) is 0 Å². The largest absolute Gasteiger partial charge is 0.354 e. The first kappa shape index (κ1) is 15.7. The number of amides is 1. The molecule has 96 valence electrons. The van der Waals surface area contributed by atoms with Crippen LogP contribution in [0.15, 0.2) is 0 Å². The number of carbonyl (C=O) groups is 1. The third-order valence-corrected chi connectivity index (χ3v) is 3.07. The third-order valence-electron chi connectivity index (χ3n) is 3.07. The van der Waals surface area contributed by atoms with Gasteiger partial charge >= 0.3 is 0 Å². The number of nitrogens with one attached hydrogen (secondary N) is 2. The maximum absolute atomic E-state index is 11.2. The first-order valence-corrected chi connectivity index (χ1v) is 5.85. The monoisotopic (exact) mass is 249 g/mol. The van der Waals surface area contributed by atoms with Crippen molar-refractivity contribution in [3.63, 3.8) is 0 Å². The van der Waals surface area contributed by atoms with E-state index in [1.165, 1.54) is 25.7 Å². The second-order valence-electron chi connectivity index (χ2n) is 4.30. The van der Waals surface area contributed by atoms with Gasteiger partial charge in [0.25, 0.3) is 0 Å². The normalized spacial score (nSPS) is 16.2. The molecule has 0 aromatic rings. The van der Waals surface area contributed by atoms with Crippen molar-refractivity contribution >= 4 is 18.3 Å². The molecule has 1 saturated carbocycles. The van der Waals surface area contributed by atoms with Crippen LogP contribution in [-0.4, -0.2) is 50.6 Å². The lowest BCUT2D eigenvalue weighted by Crippen LogP contribution is -2.39. The number of halogens is 1. The van der Waals surface area contributed by atoms with Crippen LogP contribution in [0, 0.1) is 0 Å². The summed E-state index contributed by atoms with van der Waals surface area (Å²) in [4.78, 5) is 13.5. The molecule has 0 saturated heterocycles. The summed E-state index contributed by atoms with van der Waals surface area (Å²) in [7, 11) is 3.93. The standard InChI is InChI=1S/C11H23N3O.ClH/c1-12-9-11(15)13-7-8-14(2)10-5-3-4-6-10;/h10,12H,3-9H2,1-2H3,(H,13,15);1H. The molecule has 1 aliphatic carbocycles. The Kier molecular flexibility index (Phi) is 8.61. The minimum Gasteiger partial charge on any atom is -0.354 e. The van der Waals surface area contributed by atoms with Crippen molar-refractivity contribution in [3.8, 4) is 0 Å². The van der Waals surface area contributed by atoms with Crippen LogP contribution in [0.2, 0.25) is 0 Å². The second kappa shape index (κ2) is 8.79. The lowest BCUT2D eigenvalue weighted by atomic mass is 10.2. The predicted octanol–water partition coefficient (Wildman–Crippen LogP) is 0.618. The average molecular weight is 250 g/mol. The zero-order valence-corrected chi connectivity index (χ0v) is 11.1. The minimum absolute atomic E-state index is 0. The van der Waals surface area contributed by atoms with Crippen LogP contribution in [0.25, 0.3) is 0 Å². The highest BCUT2D eigenvalue weighted by molar-refractivity contribution is 5.85. The maximum atomic E-state index is 11.2. The number of hydrogen-bond acceptors (Lipinski definition) is 3. The van der Waals surface area contributed by atoms with Gasteiger partial charge in [-0.2, -0.15) is 0 Å². The van der Waals surface area contributed by atoms with Gasteiger partial charge < -0.3 is 15.5 Å². The van der Waals surface area contributed by atoms with Gasteiger partial charge in [0.2, 0.25) is 5.91 Å². The SMILES string of the molecule is CNCC(=O)NCCN(C)C1CCCC1.Cl. The summed E-state index contributed by atoms with van der Waals surface area (Å²) in [5.74, 6) is 0.0809. The van der Waals surface area contributed by atoms with Gasteiger partial charge in [-0.1, -0.05) is 12.8 Å². The molecular weight excluding hydrogens is 226 g/mol.